The van der Waals surface area contributed by atoms with E-state index in [9.17, 15) is 4.39 Å². The van der Waals surface area contributed by atoms with E-state index in [1.807, 2.05) is 6.92 Å². The SMILES string of the molecule is CC1COCOC1CF. The van der Waals surface area contributed by atoms with Gasteiger partial charge in [0.1, 0.15) is 13.5 Å². The second-order valence-corrected chi connectivity index (χ2v) is 2.33. The van der Waals surface area contributed by atoms with E-state index >= 15 is 0 Å². The van der Waals surface area contributed by atoms with Crippen LogP contribution in [0, 0.1) is 5.92 Å². The molecule has 1 aliphatic heterocycles. The Labute approximate surface area is 54.0 Å². The molecule has 0 aliphatic carbocycles. The van der Waals surface area contributed by atoms with Crippen molar-refractivity contribution in [2.45, 2.75) is 13.0 Å². The van der Waals surface area contributed by atoms with Gasteiger partial charge in [0.2, 0.25) is 0 Å². The predicted molar refractivity (Wildman–Crippen MR) is 30.8 cm³/mol. The third-order valence-electron chi connectivity index (χ3n) is 1.53. The zero-order chi connectivity index (χ0) is 6.69. The van der Waals surface area contributed by atoms with Crippen LogP contribution in [0.1, 0.15) is 6.92 Å². The Balaban J connectivity index is 2.30. The molecular weight excluding hydrogens is 123 g/mol. The van der Waals surface area contributed by atoms with Crippen LogP contribution in [0.3, 0.4) is 0 Å². The van der Waals surface area contributed by atoms with Gasteiger partial charge in [-0.1, -0.05) is 6.92 Å². The molecule has 0 amide bonds. The molecule has 1 aliphatic rings. The molecule has 0 radical (unpaired) electrons. The average Bonchev–Trinajstić information content (AvgIpc) is 1.89. The summed E-state index contributed by atoms with van der Waals surface area (Å²) in [5.74, 6) is 0.198. The number of hydrogen-bond donors (Lipinski definition) is 0. The van der Waals surface area contributed by atoms with Crippen LogP contribution in [0.15, 0.2) is 0 Å². The molecule has 0 aromatic rings. The van der Waals surface area contributed by atoms with Gasteiger partial charge >= 0.3 is 0 Å². The summed E-state index contributed by atoms with van der Waals surface area (Å²) < 4.78 is 21.8. The van der Waals surface area contributed by atoms with Crippen LogP contribution in [-0.2, 0) is 9.47 Å². The minimum absolute atomic E-state index is 0.198. The molecule has 1 fully saturated rings. The molecule has 1 heterocycles. The summed E-state index contributed by atoms with van der Waals surface area (Å²) in [6, 6.07) is 0. The van der Waals surface area contributed by atoms with Gasteiger partial charge in [0, 0.05) is 5.92 Å². The zero-order valence-corrected chi connectivity index (χ0v) is 5.47. The zero-order valence-electron chi connectivity index (χ0n) is 5.47. The van der Waals surface area contributed by atoms with Gasteiger partial charge in [-0.15, -0.1) is 0 Å². The Hall–Kier alpha value is -0.150. The lowest BCUT2D eigenvalue weighted by Gasteiger charge is -2.26. The van der Waals surface area contributed by atoms with Crippen LogP contribution in [0.4, 0.5) is 4.39 Å². The first-order valence-electron chi connectivity index (χ1n) is 3.10. The fourth-order valence-corrected chi connectivity index (χ4v) is 0.838. The van der Waals surface area contributed by atoms with Gasteiger partial charge in [-0.2, -0.15) is 0 Å². The Kier molecular flexibility index (Phi) is 2.42. The highest BCUT2D eigenvalue weighted by Crippen LogP contribution is 2.13. The van der Waals surface area contributed by atoms with Crippen LogP contribution in [0.2, 0.25) is 0 Å². The van der Waals surface area contributed by atoms with Crippen molar-refractivity contribution in [2.75, 3.05) is 20.1 Å². The first-order valence-corrected chi connectivity index (χ1v) is 3.10. The summed E-state index contributed by atoms with van der Waals surface area (Å²) in [5.41, 5.74) is 0. The maximum atomic E-state index is 11.9. The molecule has 0 bridgehead atoms. The molecule has 1 saturated heterocycles. The molecular formula is C6H11FO2. The Morgan fingerprint density at radius 1 is 1.67 bits per heavy atom. The Bertz CT molecular complexity index is 87.1. The largest absolute Gasteiger partial charge is 0.355 e. The molecule has 0 aromatic carbocycles. The molecule has 0 saturated carbocycles. The van der Waals surface area contributed by atoms with Crippen molar-refractivity contribution in [1.29, 1.82) is 0 Å². The standard InChI is InChI=1S/C6H11FO2/c1-5-3-8-4-9-6(5)2-7/h5-6H,2-4H2,1H3. The monoisotopic (exact) mass is 134 g/mol. The predicted octanol–water partition coefficient (Wildman–Crippen LogP) is 0.965. The Morgan fingerprint density at radius 2 is 2.44 bits per heavy atom. The van der Waals surface area contributed by atoms with Crippen LogP contribution < -0.4 is 0 Å². The molecule has 9 heavy (non-hydrogen) atoms. The second-order valence-electron chi connectivity index (χ2n) is 2.33. The van der Waals surface area contributed by atoms with E-state index in [1.165, 1.54) is 0 Å². The number of ether oxygens (including phenoxy) is 2. The molecule has 2 atom stereocenters. The van der Waals surface area contributed by atoms with Gasteiger partial charge in [0.25, 0.3) is 0 Å². The Morgan fingerprint density at radius 3 is 2.89 bits per heavy atom. The number of rotatable bonds is 1. The number of hydrogen-bond acceptors (Lipinski definition) is 2. The smallest absolute Gasteiger partial charge is 0.147 e. The highest BCUT2D eigenvalue weighted by Gasteiger charge is 2.21. The van der Waals surface area contributed by atoms with E-state index in [2.05, 4.69) is 0 Å². The molecule has 0 spiro atoms. The van der Waals surface area contributed by atoms with Gasteiger partial charge in [-0.3, -0.25) is 0 Å². The maximum absolute atomic E-state index is 11.9. The summed E-state index contributed by atoms with van der Waals surface area (Å²) in [6.45, 7) is 2.39. The quantitative estimate of drug-likeness (QED) is 0.532. The van der Waals surface area contributed by atoms with Crippen LogP contribution in [-0.4, -0.2) is 26.2 Å². The van der Waals surface area contributed by atoms with Crippen molar-refractivity contribution in [3.63, 3.8) is 0 Å². The molecule has 2 nitrogen and oxygen atoms in total. The van der Waals surface area contributed by atoms with Gasteiger partial charge in [-0.05, 0) is 0 Å². The van der Waals surface area contributed by atoms with Crippen LogP contribution in [0.25, 0.3) is 0 Å². The molecule has 54 valence electrons. The highest BCUT2D eigenvalue weighted by atomic mass is 19.1. The second kappa shape index (κ2) is 3.13. The summed E-state index contributed by atoms with van der Waals surface area (Å²) in [6.07, 6.45) is -0.237. The van der Waals surface area contributed by atoms with E-state index in [1.54, 1.807) is 0 Å². The lowest BCUT2D eigenvalue weighted by Crippen LogP contribution is -2.33. The fourth-order valence-electron chi connectivity index (χ4n) is 0.838. The number of halogens is 1. The highest BCUT2D eigenvalue weighted by molar-refractivity contribution is 4.66. The lowest BCUT2D eigenvalue weighted by atomic mass is 10.1. The number of alkyl halides is 1. The minimum Gasteiger partial charge on any atom is -0.355 e. The van der Waals surface area contributed by atoms with Crippen LogP contribution in [0.5, 0.6) is 0 Å². The van der Waals surface area contributed by atoms with Crippen molar-refractivity contribution in [1.82, 2.24) is 0 Å². The third kappa shape index (κ3) is 1.63. The van der Waals surface area contributed by atoms with E-state index in [0.717, 1.165) is 0 Å². The van der Waals surface area contributed by atoms with Crippen molar-refractivity contribution in [3.05, 3.63) is 0 Å². The molecule has 2 unspecified atom stereocenters. The third-order valence-corrected chi connectivity index (χ3v) is 1.53. The van der Waals surface area contributed by atoms with Crippen molar-refractivity contribution in [2.24, 2.45) is 5.92 Å². The lowest BCUT2D eigenvalue weighted by molar-refractivity contribution is -0.169. The van der Waals surface area contributed by atoms with Gasteiger partial charge < -0.3 is 9.47 Å². The first-order chi connectivity index (χ1) is 4.34. The van der Waals surface area contributed by atoms with E-state index in [0.29, 0.717) is 6.61 Å². The maximum Gasteiger partial charge on any atom is 0.147 e. The minimum atomic E-state index is -0.398. The first kappa shape index (κ1) is 6.96. The van der Waals surface area contributed by atoms with E-state index < -0.39 is 6.67 Å². The summed E-state index contributed by atoms with van der Waals surface area (Å²) >= 11 is 0. The summed E-state index contributed by atoms with van der Waals surface area (Å²) in [7, 11) is 0. The van der Waals surface area contributed by atoms with E-state index in [-0.39, 0.29) is 18.8 Å². The van der Waals surface area contributed by atoms with Crippen molar-refractivity contribution < 1.29 is 13.9 Å². The molecule has 1 rings (SSSR count). The summed E-state index contributed by atoms with van der Waals surface area (Å²) in [5, 5.41) is 0. The normalized spacial score (nSPS) is 36.7. The van der Waals surface area contributed by atoms with E-state index in [4.69, 9.17) is 9.47 Å². The van der Waals surface area contributed by atoms with Crippen molar-refractivity contribution in [3.8, 4) is 0 Å². The molecule has 0 aromatic heterocycles. The van der Waals surface area contributed by atoms with Gasteiger partial charge in [0.15, 0.2) is 0 Å². The van der Waals surface area contributed by atoms with Crippen LogP contribution >= 0.6 is 0 Å². The fraction of sp³-hybridized carbons (Fsp3) is 1.00. The van der Waals surface area contributed by atoms with Gasteiger partial charge in [0.05, 0.1) is 12.7 Å². The van der Waals surface area contributed by atoms with Gasteiger partial charge in [-0.25, -0.2) is 4.39 Å². The van der Waals surface area contributed by atoms with Crippen molar-refractivity contribution >= 4 is 0 Å². The molecule has 3 heteroatoms. The summed E-state index contributed by atoms with van der Waals surface area (Å²) in [4.78, 5) is 0. The topological polar surface area (TPSA) is 18.5 Å². The average molecular weight is 134 g/mol. The molecule has 0 N–H and O–H groups in total.